The van der Waals surface area contributed by atoms with Crippen LogP contribution >= 0.6 is 11.6 Å². The van der Waals surface area contributed by atoms with Gasteiger partial charge in [-0.2, -0.15) is 5.10 Å². The summed E-state index contributed by atoms with van der Waals surface area (Å²) in [6, 6.07) is 3.37. The Hall–Kier alpha value is -3.28. The summed E-state index contributed by atoms with van der Waals surface area (Å²) in [5.41, 5.74) is 2.01. The lowest BCUT2D eigenvalue weighted by atomic mass is 10.0. The van der Waals surface area contributed by atoms with E-state index in [1.807, 2.05) is 4.90 Å². The Kier molecular flexibility index (Phi) is 7.04. The number of ether oxygens (including phenoxy) is 1. The number of aromatic amines is 1. The molecule has 1 amide bonds. The molecule has 2 saturated heterocycles. The van der Waals surface area contributed by atoms with E-state index in [2.05, 4.69) is 49.3 Å². The molecular weight excluding hydrogens is 487 g/mol. The number of amides is 1. The Balaban J connectivity index is 1.49. The minimum atomic E-state index is -0.461. The topological polar surface area (TPSA) is 103 Å². The minimum Gasteiger partial charge on any atom is -0.378 e. The average molecular weight is 515 g/mol. The zero-order chi connectivity index (χ0) is 25.2. The van der Waals surface area contributed by atoms with Crippen molar-refractivity contribution in [1.29, 1.82) is 0 Å². The van der Waals surface area contributed by atoms with E-state index in [1.54, 1.807) is 18.5 Å². The van der Waals surface area contributed by atoms with Gasteiger partial charge in [-0.15, -0.1) is 0 Å². The molecule has 190 valence electrons. The van der Waals surface area contributed by atoms with Gasteiger partial charge in [0.25, 0.3) is 5.91 Å². The minimum absolute atomic E-state index is 0.137. The number of carbonyl (C=O) groups excluding carboxylic acids is 1. The van der Waals surface area contributed by atoms with Crippen molar-refractivity contribution in [3.05, 3.63) is 47.3 Å². The highest BCUT2D eigenvalue weighted by Gasteiger charge is 2.26. The van der Waals surface area contributed by atoms with Crippen molar-refractivity contribution in [2.75, 3.05) is 68.1 Å². The molecule has 2 aliphatic rings. The lowest BCUT2D eigenvalue weighted by Gasteiger charge is -2.39. The van der Waals surface area contributed by atoms with E-state index in [-0.39, 0.29) is 16.8 Å². The van der Waals surface area contributed by atoms with Crippen LogP contribution in [0.2, 0.25) is 5.02 Å². The number of piperazine rings is 1. The quantitative estimate of drug-likeness (QED) is 0.536. The van der Waals surface area contributed by atoms with Crippen LogP contribution in [0.15, 0.2) is 30.7 Å². The first-order valence-electron chi connectivity index (χ1n) is 11.8. The third kappa shape index (κ3) is 4.99. The van der Waals surface area contributed by atoms with E-state index >= 15 is 4.39 Å². The van der Waals surface area contributed by atoms with Crippen LogP contribution in [0.3, 0.4) is 0 Å². The van der Waals surface area contributed by atoms with Gasteiger partial charge in [0.05, 0.1) is 35.8 Å². The maximum atomic E-state index is 15.5. The molecule has 0 bridgehead atoms. The standard InChI is InChI=1S/C24H28ClFN8O2/c1-15-14-34(4-3-32(15)2)21-10-19(26)17(9-20(21)30-23(35)22-18(25)13-29-31-22)16-11-27-24(28-12-16)33-5-7-36-8-6-33/h9-13,15H,3-8,14H2,1-2H3,(H,29,31)(H,30,35). The molecule has 0 radical (unpaired) electrons. The van der Waals surface area contributed by atoms with Crippen LogP contribution in [0.4, 0.5) is 21.7 Å². The monoisotopic (exact) mass is 514 g/mol. The number of rotatable bonds is 5. The van der Waals surface area contributed by atoms with Crippen molar-refractivity contribution in [1.82, 2.24) is 25.1 Å². The first-order chi connectivity index (χ1) is 17.4. The first kappa shape index (κ1) is 24.4. The number of anilines is 3. The van der Waals surface area contributed by atoms with Gasteiger partial charge in [0.1, 0.15) is 11.5 Å². The first-order valence-corrected chi connectivity index (χ1v) is 12.2. The molecule has 1 aromatic carbocycles. The fraction of sp³-hybridized carbons (Fsp3) is 0.417. The van der Waals surface area contributed by atoms with Crippen LogP contribution in [-0.4, -0.2) is 90.0 Å². The summed E-state index contributed by atoms with van der Waals surface area (Å²) in [6.07, 6.45) is 4.57. The second-order valence-corrected chi connectivity index (χ2v) is 9.45. The molecule has 0 aliphatic carbocycles. The molecule has 2 aliphatic heterocycles. The smallest absolute Gasteiger partial charge is 0.275 e. The van der Waals surface area contributed by atoms with Gasteiger partial charge in [-0.25, -0.2) is 14.4 Å². The SMILES string of the molecule is CC1CN(c2cc(F)c(-c3cnc(N4CCOCC4)nc3)cc2NC(=O)c2[nH]ncc2Cl)CCN1C. The highest BCUT2D eigenvalue weighted by atomic mass is 35.5. The summed E-state index contributed by atoms with van der Waals surface area (Å²) in [4.78, 5) is 28.2. The van der Waals surface area contributed by atoms with Gasteiger partial charge < -0.3 is 24.8 Å². The van der Waals surface area contributed by atoms with Crippen molar-refractivity contribution < 1.29 is 13.9 Å². The zero-order valence-corrected chi connectivity index (χ0v) is 20.9. The van der Waals surface area contributed by atoms with Gasteiger partial charge >= 0.3 is 0 Å². The highest BCUT2D eigenvalue weighted by Crippen LogP contribution is 2.35. The third-order valence-corrected chi connectivity index (χ3v) is 6.98. The van der Waals surface area contributed by atoms with Crippen molar-refractivity contribution >= 4 is 34.8 Å². The normalized spacial score (nSPS) is 18.9. The largest absolute Gasteiger partial charge is 0.378 e. The Morgan fingerprint density at radius 3 is 2.56 bits per heavy atom. The van der Waals surface area contributed by atoms with Gasteiger partial charge in [-0.3, -0.25) is 9.89 Å². The number of H-pyrrole nitrogens is 1. The van der Waals surface area contributed by atoms with E-state index in [4.69, 9.17) is 16.3 Å². The molecule has 0 spiro atoms. The van der Waals surface area contributed by atoms with Crippen molar-refractivity contribution in [3.63, 3.8) is 0 Å². The predicted octanol–water partition coefficient (Wildman–Crippen LogP) is 2.89. The Morgan fingerprint density at radius 2 is 1.89 bits per heavy atom. The predicted molar refractivity (Wildman–Crippen MR) is 136 cm³/mol. The molecular formula is C24H28ClFN8O2. The summed E-state index contributed by atoms with van der Waals surface area (Å²) < 4.78 is 20.9. The van der Waals surface area contributed by atoms with Crippen LogP contribution in [0.5, 0.6) is 0 Å². The molecule has 2 N–H and O–H groups in total. The van der Waals surface area contributed by atoms with Crippen LogP contribution < -0.4 is 15.1 Å². The summed E-state index contributed by atoms with van der Waals surface area (Å²) in [5.74, 6) is -0.304. The summed E-state index contributed by atoms with van der Waals surface area (Å²) >= 11 is 6.10. The fourth-order valence-corrected chi connectivity index (χ4v) is 4.59. The molecule has 3 aromatic rings. The van der Waals surface area contributed by atoms with E-state index in [0.29, 0.717) is 67.8 Å². The Bertz CT molecular complexity index is 1230. The van der Waals surface area contributed by atoms with Gasteiger partial charge in [-0.1, -0.05) is 11.6 Å². The van der Waals surface area contributed by atoms with E-state index in [0.717, 1.165) is 6.54 Å². The molecule has 2 aromatic heterocycles. The zero-order valence-electron chi connectivity index (χ0n) is 20.2. The van der Waals surface area contributed by atoms with Gasteiger partial charge in [-0.05, 0) is 26.1 Å². The number of halogens is 2. The second kappa shape index (κ2) is 10.4. The Morgan fingerprint density at radius 1 is 1.14 bits per heavy atom. The highest BCUT2D eigenvalue weighted by molar-refractivity contribution is 6.34. The molecule has 0 saturated carbocycles. The Labute approximate surface area is 213 Å². The van der Waals surface area contributed by atoms with Gasteiger partial charge in [0, 0.05) is 62.3 Å². The van der Waals surface area contributed by atoms with Crippen LogP contribution in [0, 0.1) is 5.82 Å². The lowest BCUT2D eigenvalue weighted by Crippen LogP contribution is -2.50. The van der Waals surface area contributed by atoms with Crippen LogP contribution in [0.25, 0.3) is 11.1 Å². The van der Waals surface area contributed by atoms with E-state index in [1.165, 1.54) is 12.3 Å². The molecule has 12 heteroatoms. The average Bonchev–Trinajstić information content (AvgIpc) is 3.33. The molecule has 2 fully saturated rings. The molecule has 36 heavy (non-hydrogen) atoms. The van der Waals surface area contributed by atoms with Crippen LogP contribution in [-0.2, 0) is 4.74 Å². The maximum Gasteiger partial charge on any atom is 0.275 e. The molecule has 4 heterocycles. The van der Waals surface area contributed by atoms with Crippen molar-refractivity contribution in [2.24, 2.45) is 0 Å². The number of nitrogens with one attached hydrogen (secondary N) is 2. The number of benzene rings is 1. The number of hydrogen-bond acceptors (Lipinski definition) is 8. The molecule has 1 atom stereocenters. The third-order valence-electron chi connectivity index (χ3n) is 6.70. The second-order valence-electron chi connectivity index (χ2n) is 9.04. The van der Waals surface area contributed by atoms with Gasteiger partial charge in [0.2, 0.25) is 5.95 Å². The number of morpholine rings is 1. The van der Waals surface area contributed by atoms with E-state index in [9.17, 15) is 4.79 Å². The maximum absolute atomic E-state index is 15.5. The van der Waals surface area contributed by atoms with Gasteiger partial charge in [0.15, 0.2) is 0 Å². The number of hydrogen-bond donors (Lipinski definition) is 2. The number of carbonyl (C=O) groups is 1. The summed E-state index contributed by atoms with van der Waals surface area (Å²) in [7, 11) is 2.06. The fourth-order valence-electron chi connectivity index (χ4n) is 4.42. The summed E-state index contributed by atoms with van der Waals surface area (Å²) in [6.45, 7) is 6.99. The number of aromatic nitrogens is 4. The number of nitrogens with zero attached hydrogens (tertiary/aromatic N) is 6. The van der Waals surface area contributed by atoms with E-state index < -0.39 is 11.7 Å². The van der Waals surface area contributed by atoms with Crippen LogP contribution in [0.1, 0.15) is 17.4 Å². The molecule has 5 rings (SSSR count). The van der Waals surface area contributed by atoms with Crippen molar-refractivity contribution in [2.45, 2.75) is 13.0 Å². The number of likely N-dealkylation sites (N-methyl/N-ethyl adjacent to an activating group) is 1. The molecule has 10 nitrogen and oxygen atoms in total. The molecule has 1 unspecified atom stereocenters. The summed E-state index contributed by atoms with van der Waals surface area (Å²) in [5, 5.41) is 9.53. The lowest BCUT2D eigenvalue weighted by molar-refractivity contribution is 0.102. The van der Waals surface area contributed by atoms with Crippen molar-refractivity contribution in [3.8, 4) is 11.1 Å².